The van der Waals surface area contributed by atoms with Crippen LogP contribution in [0.5, 0.6) is 5.75 Å². The molecule has 0 radical (unpaired) electrons. The normalized spacial score (nSPS) is 10.9. The smallest absolute Gasteiger partial charge is 0.255 e. The van der Waals surface area contributed by atoms with Crippen LogP contribution in [0.4, 0.5) is 10.1 Å². The minimum absolute atomic E-state index is 0.120. The predicted molar refractivity (Wildman–Crippen MR) is 97.9 cm³/mol. The van der Waals surface area contributed by atoms with Crippen LogP contribution in [0.2, 0.25) is 0 Å². The lowest BCUT2D eigenvalue weighted by atomic mass is 10.2. The van der Waals surface area contributed by atoms with Crippen molar-refractivity contribution in [2.45, 2.75) is 0 Å². The fourth-order valence-corrected chi connectivity index (χ4v) is 2.37. The Labute approximate surface area is 150 Å². The highest BCUT2D eigenvalue weighted by molar-refractivity contribution is 6.07. The molecule has 0 aliphatic rings. The van der Waals surface area contributed by atoms with Crippen molar-refractivity contribution >= 4 is 22.6 Å². The Morgan fingerprint density at radius 3 is 2.46 bits per heavy atom. The number of rotatable bonds is 6. The van der Waals surface area contributed by atoms with E-state index in [1.165, 1.54) is 24.5 Å². The predicted octanol–water partition coefficient (Wildman–Crippen LogP) is 2.96. The first kappa shape index (κ1) is 17.8. The maximum absolute atomic E-state index is 13.8. The van der Waals surface area contributed by atoms with E-state index in [-0.39, 0.29) is 11.4 Å². The summed E-state index contributed by atoms with van der Waals surface area (Å²) in [6.07, 6.45) is 2.86. The minimum Gasteiger partial charge on any atom is -0.492 e. The highest BCUT2D eigenvalue weighted by Gasteiger charge is 2.12. The zero-order chi connectivity index (χ0) is 18.5. The van der Waals surface area contributed by atoms with E-state index in [0.717, 1.165) is 6.54 Å². The largest absolute Gasteiger partial charge is 0.492 e. The van der Waals surface area contributed by atoms with E-state index >= 15 is 0 Å². The number of carbonyl (C=O) groups is 1. The summed E-state index contributed by atoms with van der Waals surface area (Å²) in [5.74, 6) is -0.102. The van der Waals surface area contributed by atoms with Gasteiger partial charge in [0, 0.05) is 24.5 Å². The van der Waals surface area contributed by atoms with Gasteiger partial charge in [0.2, 0.25) is 0 Å². The van der Waals surface area contributed by atoms with Gasteiger partial charge in [-0.1, -0.05) is 0 Å². The summed E-state index contributed by atoms with van der Waals surface area (Å²) in [5.41, 5.74) is 1.30. The molecule has 0 atom stereocenters. The molecule has 1 aromatic heterocycles. The first-order chi connectivity index (χ1) is 12.5. The molecule has 26 heavy (non-hydrogen) atoms. The molecule has 2 aromatic carbocycles. The first-order valence-electron chi connectivity index (χ1n) is 8.13. The van der Waals surface area contributed by atoms with E-state index in [2.05, 4.69) is 15.3 Å². The molecule has 0 saturated heterocycles. The number of hydrogen-bond donors (Lipinski definition) is 1. The molecule has 0 unspecified atom stereocenters. The van der Waals surface area contributed by atoms with Crippen molar-refractivity contribution in [3.63, 3.8) is 0 Å². The summed E-state index contributed by atoms with van der Waals surface area (Å²) < 4.78 is 19.4. The van der Waals surface area contributed by atoms with Crippen molar-refractivity contribution in [3.8, 4) is 5.75 Å². The third-order valence-corrected chi connectivity index (χ3v) is 3.75. The lowest BCUT2D eigenvalue weighted by molar-refractivity contribution is 0.102. The highest BCUT2D eigenvalue weighted by Crippen LogP contribution is 2.23. The number of ether oxygens (including phenoxy) is 1. The average Bonchev–Trinajstić information content (AvgIpc) is 2.64. The number of amides is 1. The molecule has 7 heteroatoms. The number of nitrogens with one attached hydrogen (secondary N) is 1. The topological polar surface area (TPSA) is 67.3 Å². The summed E-state index contributed by atoms with van der Waals surface area (Å²) in [7, 11) is 3.95. The standard InChI is InChI=1S/C19H19FN4O2/c1-24(2)11-12-26-14-5-3-13(4-6-14)19(25)23-16-8-7-15(20)17-18(16)22-10-9-21-17/h3-10H,11-12H2,1-2H3,(H,23,25). The van der Waals surface area contributed by atoms with Crippen LogP contribution in [0.25, 0.3) is 11.0 Å². The molecule has 1 heterocycles. The fourth-order valence-electron chi connectivity index (χ4n) is 2.37. The number of carbonyl (C=O) groups excluding carboxylic acids is 1. The van der Waals surface area contributed by atoms with Gasteiger partial charge in [-0.3, -0.25) is 9.78 Å². The summed E-state index contributed by atoms with van der Waals surface area (Å²) in [4.78, 5) is 22.6. The molecule has 3 rings (SSSR count). The molecule has 1 N–H and O–H groups in total. The van der Waals surface area contributed by atoms with Crippen molar-refractivity contribution in [1.82, 2.24) is 14.9 Å². The quantitative estimate of drug-likeness (QED) is 0.737. The van der Waals surface area contributed by atoms with Crippen LogP contribution in [-0.4, -0.2) is 48.0 Å². The number of hydrogen-bond acceptors (Lipinski definition) is 5. The van der Waals surface area contributed by atoms with Gasteiger partial charge in [0.25, 0.3) is 5.91 Å². The lowest BCUT2D eigenvalue weighted by Gasteiger charge is -2.11. The number of fused-ring (bicyclic) bond motifs is 1. The second kappa shape index (κ2) is 7.88. The zero-order valence-electron chi connectivity index (χ0n) is 14.6. The van der Waals surface area contributed by atoms with E-state index < -0.39 is 5.82 Å². The Hall–Kier alpha value is -3.06. The second-order valence-corrected chi connectivity index (χ2v) is 5.98. The van der Waals surface area contributed by atoms with Crippen LogP contribution in [0.1, 0.15) is 10.4 Å². The highest BCUT2D eigenvalue weighted by atomic mass is 19.1. The van der Waals surface area contributed by atoms with Crippen LogP contribution in [-0.2, 0) is 0 Å². The average molecular weight is 354 g/mol. The van der Waals surface area contributed by atoms with Gasteiger partial charge in [0.05, 0.1) is 5.69 Å². The van der Waals surface area contributed by atoms with Gasteiger partial charge in [-0.15, -0.1) is 0 Å². The first-order valence-corrected chi connectivity index (χ1v) is 8.13. The van der Waals surface area contributed by atoms with Gasteiger partial charge >= 0.3 is 0 Å². The molecule has 0 bridgehead atoms. The van der Waals surface area contributed by atoms with Crippen LogP contribution in [0.15, 0.2) is 48.8 Å². The molecule has 0 spiro atoms. The molecule has 134 valence electrons. The number of anilines is 1. The lowest BCUT2D eigenvalue weighted by Crippen LogP contribution is -2.19. The van der Waals surface area contributed by atoms with Gasteiger partial charge in [-0.25, -0.2) is 9.37 Å². The van der Waals surface area contributed by atoms with Crippen molar-refractivity contribution in [3.05, 3.63) is 60.2 Å². The Kier molecular flexibility index (Phi) is 5.38. The van der Waals surface area contributed by atoms with Gasteiger partial charge in [-0.2, -0.15) is 0 Å². The molecule has 0 saturated carbocycles. The molecular weight excluding hydrogens is 335 g/mol. The van der Waals surface area contributed by atoms with Crippen molar-refractivity contribution in [2.75, 3.05) is 32.6 Å². The SMILES string of the molecule is CN(C)CCOc1ccc(C(=O)Nc2ccc(F)c3nccnc23)cc1. The second-order valence-electron chi connectivity index (χ2n) is 5.98. The molecule has 1 amide bonds. The Bertz CT molecular complexity index is 913. The molecular formula is C19H19FN4O2. The maximum atomic E-state index is 13.8. The monoisotopic (exact) mass is 354 g/mol. The summed E-state index contributed by atoms with van der Waals surface area (Å²) in [6.45, 7) is 1.37. The third-order valence-electron chi connectivity index (χ3n) is 3.75. The fraction of sp³-hybridized carbons (Fsp3) is 0.211. The number of likely N-dealkylation sites (N-methyl/N-ethyl adjacent to an activating group) is 1. The van der Waals surface area contributed by atoms with E-state index in [1.807, 2.05) is 19.0 Å². The van der Waals surface area contributed by atoms with Gasteiger partial charge in [0.1, 0.15) is 23.4 Å². The number of nitrogens with zero attached hydrogens (tertiary/aromatic N) is 3. The van der Waals surface area contributed by atoms with E-state index in [0.29, 0.717) is 29.1 Å². The van der Waals surface area contributed by atoms with Crippen molar-refractivity contribution in [2.24, 2.45) is 0 Å². The third kappa shape index (κ3) is 4.12. The Morgan fingerprint density at radius 1 is 1.08 bits per heavy atom. The van der Waals surface area contributed by atoms with Crippen LogP contribution < -0.4 is 10.1 Å². The zero-order valence-corrected chi connectivity index (χ0v) is 14.6. The van der Waals surface area contributed by atoms with Crippen molar-refractivity contribution < 1.29 is 13.9 Å². The van der Waals surface area contributed by atoms with Crippen LogP contribution >= 0.6 is 0 Å². The molecule has 0 aliphatic carbocycles. The molecule has 3 aromatic rings. The number of benzene rings is 2. The summed E-state index contributed by atoms with van der Waals surface area (Å²) in [5, 5.41) is 2.75. The van der Waals surface area contributed by atoms with E-state index in [4.69, 9.17) is 4.74 Å². The Balaban J connectivity index is 1.72. The summed E-state index contributed by atoms with van der Waals surface area (Å²) >= 11 is 0. The Morgan fingerprint density at radius 2 is 1.77 bits per heavy atom. The minimum atomic E-state index is -0.481. The molecule has 6 nitrogen and oxygen atoms in total. The molecule has 0 aliphatic heterocycles. The molecule has 0 fully saturated rings. The van der Waals surface area contributed by atoms with E-state index in [9.17, 15) is 9.18 Å². The van der Waals surface area contributed by atoms with Crippen molar-refractivity contribution in [1.29, 1.82) is 0 Å². The maximum Gasteiger partial charge on any atom is 0.255 e. The van der Waals surface area contributed by atoms with E-state index in [1.54, 1.807) is 24.3 Å². The van der Waals surface area contributed by atoms with Crippen LogP contribution in [0.3, 0.4) is 0 Å². The number of aromatic nitrogens is 2. The van der Waals surface area contributed by atoms with Crippen LogP contribution in [0, 0.1) is 5.82 Å². The van der Waals surface area contributed by atoms with Gasteiger partial charge in [0.15, 0.2) is 5.82 Å². The van der Waals surface area contributed by atoms with Gasteiger partial charge < -0.3 is 15.0 Å². The van der Waals surface area contributed by atoms with Gasteiger partial charge in [-0.05, 0) is 50.5 Å². The summed E-state index contributed by atoms with van der Waals surface area (Å²) in [6, 6.07) is 9.58. The number of halogens is 1.